The molecule has 3 rings (SSSR count). The van der Waals surface area contributed by atoms with E-state index in [9.17, 15) is 9.50 Å². The lowest BCUT2D eigenvalue weighted by atomic mass is 9.81. The van der Waals surface area contributed by atoms with Crippen LogP contribution in [0.2, 0.25) is 0 Å². The van der Waals surface area contributed by atoms with Gasteiger partial charge in [0.15, 0.2) is 0 Å². The van der Waals surface area contributed by atoms with Crippen molar-refractivity contribution in [2.24, 2.45) is 0 Å². The van der Waals surface area contributed by atoms with Crippen LogP contribution in [0.25, 0.3) is 0 Å². The number of thioether (sulfide) groups is 1. The molecule has 98 valence electrons. The first kappa shape index (κ1) is 12.5. The highest BCUT2D eigenvalue weighted by Gasteiger charge is 2.45. The molecule has 1 nitrogen and oxygen atoms in total. The summed E-state index contributed by atoms with van der Waals surface area (Å²) < 4.78 is 13.4. The molecule has 0 amide bonds. The Morgan fingerprint density at radius 1 is 1.17 bits per heavy atom. The smallest absolute Gasteiger partial charge is 0.123 e. The van der Waals surface area contributed by atoms with E-state index in [1.807, 2.05) is 25.6 Å². The fourth-order valence-electron chi connectivity index (χ4n) is 3.77. The van der Waals surface area contributed by atoms with E-state index < -0.39 is 5.60 Å². The van der Waals surface area contributed by atoms with Gasteiger partial charge in [-0.25, -0.2) is 4.39 Å². The summed E-state index contributed by atoms with van der Waals surface area (Å²) in [4.78, 5) is 0. The molecule has 2 bridgehead atoms. The van der Waals surface area contributed by atoms with Gasteiger partial charge in [-0.15, -0.1) is 0 Å². The van der Waals surface area contributed by atoms with Gasteiger partial charge in [0.2, 0.25) is 0 Å². The standard InChI is InChI=1S/C15H19FOS/c1-9-5-11(16)6-10(2)14(9)15(17)7-12-3-4-13(8-15)18-12/h5-6,12-13,17H,3-4,7-8H2,1-2H3. The van der Waals surface area contributed by atoms with Crippen molar-refractivity contribution in [1.29, 1.82) is 0 Å². The third kappa shape index (κ3) is 1.97. The molecule has 2 fully saturated rings. The van der Waals surface area contributed by atoms with Crippen LogP contribution in [0, 0.1) is 19.7 Å². The molecule has 2 aliphatic rings. The van der Waals surface area contributed by atoms with Crippen LogP contribution in [0.5, 0.6) is 0 Å². The number of hydrogen-bond donors (Lipinski definition) is 1. The summed E-state index contributed by atoms with van der Waals surface area (Å²) in [6.45, 7) is 3.82. The summed E-state index contributed by atoms with van der Waals surface area (Å²) in [7, 11) is 0. The summed E-state index contributed by atoms with van der Waals surface area (Å²) in [5, 5.41) is 12.2. The Morgan fingerprint density at radius 3 is 2.17 bits per heavy atom. The number of fused-ring (bicyclic) bond motifs is 2. The molecule has 0 aromatic heterocycles. The molecule has 18 heavy (non-hydrogen) atoms. The topological polar surface area (TPSA) is 20.2 Å². The average Bonchev–Trinajstić information content (AvgIpc) is 2.56. The maximum atomic E-state index is 13.4. The molecule has 0 aliphatic carbocycles. The van der Waals surface area contributed by atoms with E-state index in [0.717, 1.165) is 29.5 Å². The zero-order valence-corrected chi connectivity index (χ0v) is 11.7. The van der Waals surface area contributed by atoms with Gasteiger partial charge < -0.3 is 5.11 Å². The van der Waals surface area contributed by atoms with Crippen LogP contribution in [0.3, 0.4) is 0 Å². The fraction of sp³-hybridized carbons (Fsp3) is 0.600. The number of aliphatic hydroxyl groups is 1. The average molecular weight is 266 g/mol. The minimum atomic E-state index is -0.737. The summed E-state index contributed by atoms with van der Waals surface area (Å²) in [6, 6.07) is 3.09. The SMILES string of the molecule is Cc1cc(F)cc(C)c1C1(O)CC2CCC(C1)S2. The van der Waals surface area contributed by atoms with Gasteiger partial charge in [-0.2, -0.15) is 11.8 Å². The molecular weight excluding hydrogens is 247 g/mol. The van der Waals surface area contributed by atoms with Crippen LogP contribution in [0.4, 0.5) is 4.39 Å². The summed E-state index contributed by atoms with van der Waals surface area (Å²) >= 11 is 2.03. The van der Waals surface area contributed by atoms with Gasteiger partial charge in [-0.1, -0.05) is 0 Å². The third-order valence-electron chi connectivity index (χ3n) is 4.29. The maximum absolute atomic E-state index is 13.4. The zero-order chi connectivity index (χ0) is 12.9. The summed E-state index contributed by atoms with van der Waals surface area (Å²) in [5.74, 6) is -0.203. The van der Waals surface area contributed by atoms with E-state index in [-0.39, 0.29) is 5.82 Å². The Bertz CT molecular complexity index is 450. The number of benzene rings is 1. The van der Waals surface area contributed by atoms with Gasteiger partial charge in [-0.05, 0) is 68.4 Å². The number of rotatable bonds is 1. The minimum absolute atomic E-state index is 0.203. The lowest BCUT2D eigenvalue weighted by molar-refractivity contribution is 0.0184. The first-order chi connectivity index (χ1) is 8.48. The first-order valence-electron chi connectivity index (χ1n) is 6.63. The molecule has 1 aromatic carbocycles. The minimum Gasteiger partial charge on any atom is -0.385 e. The van der Waals surface area contributed by atoms with Crippen molar-refractivity contribution in [2.45, 2.75) is 55.6 Å². The zero-order valence-electron chi connectivity index (χ0n) is 10.9. The van der Waals surface area contributed by atoms with Gasteiger partial charge >= 0.3 is 0 Å². The molecule has 0 saturated carbocycles. The highest BCUT2D eigenvalue weighted by atomic mass is 32.2. The molecule has 2 aliphatic heterocycles. The lowest BCUT2D eigenvalue weighted by Crippen LogP contribution is -2.36. The van der Waals surface area contributed by atoms with Crippen molar-refractivity contribution >= 4 is 11.8 Å². The molecule has 0 radical (unpaired) electrons. The molecule has 1 aromatic rings. The summed E-state index contributed by atoms with van der Waals surface area (Å²) in [5.41, 5.74) is 2.02. The molecule has 2 saturated heterocycles. The molecule has 0 spiro atoms. The predicted octanol–water partition coefficient (Wildman–Crippen LogP) is 3.69. The van der Waals surface area contributed by atoms with Crippen molar-refractivity contribution < 1.29 is 9.50 Å². The van der Waals surface area contributed by atoms with Crippen LogP contribution in [0.1, 0.15) is 42.4 Å². The first-order valence-corrected chi connectivity index (χ1v) is 7.57. The van der Waals surface area contributed by atoms with Crippen molar-refractivity contribution in [3.8, 4) is 0 Å². The van der Waals surface area contributed by atoms with Gasteiger partial charge in [0.1, 0.15) is 5.82 Å². The molecule has 2 unspecified atom stereocenters. The van der Waals surface area contributed by atoms with Gasteiger partial charge in [0.25, 0.3) is 0 Å². The van der Waals surface area contributed by atoms with Gasteiger partial charge in [0.05, 0.1) is 5.60 Å². The maximum Gasteiger partial charge on any atom is 0.123 e. The number of hydrogen-bond acceptors (Lipinski definition) is 2. The Balaban J connectivity index is 2.04. The lowest BCUT2D eigenvalue weighted by Gasteiger charge is -2.38. The van der Waals surface area contributed by atoms with E-state index in [1.54, 1.807) is 12.1 Å². The van der Waals surface area contributed by atoms with E-state index >= 15 is 0 Å². The van der Waals surface area contributed by atoms with E-state index in [0.29, 0.717) is 10.5 Å². The van der Waals surface area contributed by atoms with Crippen LogP contribution in [-0.2, 0) is 5.60 Å². The Kier molecular flexibility index (Phi) is 2.94. The van der Waals surface area contributed by atoms with Crippen molar-refractivity contribution in [3.63, 3.8) is 0 Å². The molecular formula is C15H19FOS. The second-order valence-corrected chi connectivity index (χ2v) is 7.42. The van der Waals surface area contributed by atoms with Crippen LogP contribution in [-0.4, -0.2) is 15.6 Å². The Hall–Kier alpha value is -0.540. The van der Waals surface area contributed by atoms with Gasteiger partial charge in [-0.3, -0.25) is 0 Å². The van der Waals surface area contributed by atoms with Crippen molar-refractivity contribution in [1.82, 2.24) is 0 Å². The molecule has 3 heteroatoms. The predicted molar refractivity (Wildman–Crippen MR) is 73.4 cm³/mol. The largest absolute Gasteiger partial charge is 0.385 e. The number of halogens is 1. The van der Waals surface area contributed by atoms with Crippen molar-refractivity contribution in [3.05, 3.63) is 34.6 Å². The second kappa shape index (κ2) is 4.24. The Labute approximate surface area is 112 Å². The van der Waals surface area contributed by atoms with Crippen molar-refractivity contribution in [2.75, 3.05) is 0 Å². The molecule has 2 heterocycles. The van der Waals surface area contributed by atoms with E-state index in [2.05, 4.69) is 0 Å². The quantitative estimate of drug-likeness (QED) is 0.836. The normalized spacial score (nSPS) is 34.9. The molecule has 1 N–H and O–H groups in total. The second-order valence-electron chi connectivity index (χ2n) is 5.81. The van der Waals surface area contributed by atoms with Crippen LogP contribution in [0.15, 0.2) is 12.1 Å². The van der Waals surface area contributed by atoms with E-state index in [1.165, 1.54) is 12.8 Å². The van der Waals surface area contributed by atoms with Gasteiger partial charge in [0, 0.05) is 10.5 Å². The third-order valence-corrected chi connectivity index (χ3v) is 5.86. The summed E-state index contributed by atoms with van der Waals surface area (Å²) in [6.07, 6.45) is 4.08. The Morgan fingerprint density at radius 2 is 1.67 bits per heavy atom. The highest BCUT2D eigenvalue weighted by molar-refractivity contribution is 8.00. The fourth-order valence-corrected chi connectivity index (χ4v) is 5.60. The van der Waals surface area contributed by atoms with Crippen LogP contribution < -0.4 is 0 Å². The highest BCUT2D eigenvalue weighted by Crippen LogP contribution is 2.52. The van der Waals surface area contributed by atoms with E-state index in [4.69, 9.17) is 0 Å². The number of aryl methyl sites for hydroxylation is 2. The van der Waals surface area contributed by atoms with Crippen LogP contribution >= 0.6 is 11.8 Å². The molecule has 2 atom stereocenters. The monoisotopic (exact) mass is 266 g/mol.